The standard InChI is InChI=1S/C17H13N3O6/c1-18-10-11(13-4-2-3-5-14(13)18)8-17(21)26-16-7-6-12(19(22)23)9-15(16)20(24)25/h2-7,9-10H,8H2,1H3. The van der Waals surface area contributed by atoms with Crippen molar-refractivity contribution in [2.75, 3.05) is 0 Å². The molecule has 0 unspecified atom stereocenters. The Morgan fingerprint density at radius 3 is 2.54 bits per heavy atom. The summed E-state index contributed by atoms with van der Waals surface area (Å²) in [7, 11) is 1.85. The predicted octanol–water partition coefficient (Wildman–Crippen LogP) is 3.14. The number of benzene rings is 2. The second-order valence-electron chi connectivity index (χ2n) is 5.60. The quantitative estimate of drug-likeness (QED) is 0.300. The second kappa shape index (κ2) is 6.63. The average Bonchev–Trinajstić information content (AvgIpc) is 2.91. The van der Waals surface area contributed by atoms with Gasteiger partial charge in [0.25, 0.3) is 5.69 Å². The zero-order chi connectivity index (χ0) is 18.8. The molecule has 0 saturated heterocycles. The van der Waals surface area contributed by atoms with Crippen molar-refractivity contribution in [3.05, 3.63) is 74.5 Å². The fourth-order valence-corrected chi connectivity index (χ4v) is 2.73. The number of hydrogen-bond donors (Lipinski definition) is 0. The van der Waals surface area contributed by atoms with Crippen LogP contribution in [0.15, 0.2) is 48.7 Å². The number of non-ortho nitro benzene ring substituents is 1. The SMILES string of the molecule is Cn1cc(CC(=O)Oc2ccc([N+](=O)[O-])cc2[N+](=O)[O-])c2ccccc21. The Morgan fingerprint density at radius 1 is 1.12 bits per heavy atom. The van der Waals surface area contributed by atoms with Gasteiger partial charge in [0, 0.05) is 30.2 Å². The molecular formula is C17H13N3O6. The maximum Gasteiger partial charge on any atom is 0.318 e. The number of aryl methyl sites for hydroxylation is 1. The van der Waals surface area contributed by atoms with Gasteiger partial charge in [-0.1, -0.05) is 18.2 Å². The van der Waals surface area contributed by atoms with E-state index in [1.165, 1.54) is 0 Å². The van der Waals surface area contributed by atoms with Crippen LogP contribution in [0.4, 0.5) is 11.4 Å². The third-order valence-electron chi connectivity index (χ3n) is 3.89. The lowest BCUT2D eigenvalue weighted by molar-refractivity contribution is -0.394. The van der Waals surface area contributed by atoms with E-state index in [0.29, 0.717) is 0 Å². The van der Waals surface area contributed by atoms with Crippen molar-refractivity contribution >= 4 is 28.2 Å². The molecule has 3 aromatic rings. The number of esters is 1. The molecule has 132 valence electrons. The highest BCUT2D eigenvalue weighted by Gasteiger charge is 2.23. The number of nitro groups is 2. The molecule has 26 heavy (non-hydrogen) atoms. The molecule has 2 aromatic carbocycles. The summed E-state index contributed by atoms with van der Waals surface area (Å²) in [5.41, 5.74) is 0.574. The number of nitro benzene ring substituents is 2. The Hall–Kier alpha value is -3.75. The van der Waals surface area contributed by atoms with Gasteiger partial charge in [-0.25, -0.2) is 0 Å². The Labute approximate surface area is 146 Å². The highest BCUT2D eigenvalue weighted by Crippen LogP contribution is 2.31. The lowest BCUT2D eigenvalue weighted by Gasteiger charge is -2.05. The van der Waals surface area contributed by atoms with E-state index in [0.717, 1.165) is 34.7 Å². The van der Waals surface area contributed by atoms with Crippen LogP contribution in [0.5, 0.6) is 5.75 Å². The maximum atomic E-state index is 12.2. The summed E-state index contributed by atoms with van der Waals surface area (Å²) in [5.74, 6) is -1.02. The minimum atomic E-state index is -0.826. The van der Waals surface area contributed by atoms with E-state index in [9.17, 15) is 25.0 Å². The Morgan fingerprint density at radius 2 is 1.85 bits per heavy atom. The zero-order valence-electron chi connectivity index (χ0n) is 13.6. The summed E-state index contributed by atoms with van der Waals surface area (Å²) >= 11 is 0. The van der Waals surface area contributed by atoms with E-state index in [-0.39, 0.29) is 12.2 Å². The predicted molar refractivity (Wildman–Crippen MR) is 92.0 cm³/mol. The summed E-state index contributed by atoms with van der Waals surface area (Å²) in [5, 5.41) is 22.7. The topological polar surface area (TPSA) is 118 Å². The number of hydrogen-bond acceptors (Lipinski definition) is 6. The number of carbonyl (C=O) groups is 1. The smallest absolute Gasteiger partial charge is 0.318 e. The van der Waals surface area contributed by atoms with Crippen molar-refractivity contribution in [3.63, 3.8) is 0 Å². The molecule has 3 rings (SSSR count). The first kappa shape index (κ1) is 17.1. The summed E-state index contributed by atoms with van der Waals surface area (Å²) in [6, 6.07) is 10.4. The summed E-state index contributed by atoms with van der Waals surface area (Å²) in [4.78, 5) is 32.5. The molecule has 9 nitrogen and oxygen atoms in total. The first-order valence-electron chi connectivity index (χ1n) is 7.53. The van der Waals surface area contributed by atoms with Gasteiger partial charge in [0.15, 0.2) is 0 Å². The van der Waals surface area contributed by atoms with E-state index in [4.69, 9.17) is 4.74 Å². The van der Waals surface area contributed by atoms with Crippen molar-refractivity contribution in [1.82, 2.24) is 4.57 Å². The molecule has 0 spiro atoms. The van der Waals surface area contributed by atoms with Crippen LogP contribution >= 0.6 is 0 Å². The molecule has 0 radical (unpaired) electrons. The van der Waals surface area contributed by atoms with Crippen LogP contribution in [-0.2, 0) is 18.3 Å². The number of nitrogens with zero attached hydrogens (tertiary/aromatic N) is 3. The van der Waals surface area contributed by atoms with Gasteiger partial charge in [0.05, 0.1) is 22.3 Å². The largest absolute Gasteiger partial charge is 0.419 e. The molecule has 0 N–H and O–H groups in total. The number of fused-ring (bicyclic) bond motifs is 1. The molecule has 0 amide bonds. The van der Waals surface area contributed by atoms with Gasteiger partial charge < -0.3 is 9.30 Å². The lowest BCUT2D eigenvalue weighted by atomic mass is 10.1. The summed E-state index contributed by atoms with van der Waals surface area (Å²) in [6.07, 6.45) is 1.70. The normalized spacial score (nSPS) is 10.7. The van der Waals surface area contributed by atoms with Gasteiger partial charge in [-0.2, -0.15) is 0 Å². The molecule has 0 bridgehead atoms. The molecule has 0 aliphatic heterocycles. The number of para-hydroxylation sites is 1. The Kier molecular flexibility index (Phi) is 4.36. The highest BCUT2D eigenvalue weighted by molar-refractivity contribution is 5.88. The first-order valence-corrected chi connectivity index (χ1v) is 7.53. The van der Waals surface area contributed by atoms with Gasteiger partial charge in [-0.15, -0.1) is 0 Å². The summed E-state index contributed by atoms with van der Waals surface area (Å²) < 4.78 is 6.96. The van der Waals surface area contributed by atoms with Crippen molar-refractivity contribution in [3.8, 4) is 5.75 Å². The molecular weight excluding hydrogens is 342 g/mol. The maximum absolute atomic E-state index is 12.2. The van der Waals surface area contributed by atoms with E-state index >= 15 is 0 Å². The number of rotatable bonds is 5. The molecule has 0 aliphatic rings. The van der Waals surface area contributed by atoms with Crippen molar-refractivity contribution in [1.29, 1.82) is 0 Å². The third-order valence-corrected chi connectivity index (χ3v) is 3.89. The van der Waals surface area contributed by atoms with Crippen LogP contribution in [-0.4, -0.2) is 20.4 Å². The highest BCUT2D eigenvalue weighted by atomic mass is 16.6. The van der Waals surface area contributed by atoms with Gasteiger partial charge in [-0.05, 0) is 17.7 Å². The van der Waals surface area contributed by atoms with E-state index < -0.39 is 27.2 Å². The Balaban J connectivity index is 1.86. The molecule has 0 atom stereocenters. The minimum absolute atomic E-state index is 0.0878. The molecule has 0 saturated carbocycles. The zero-order valence-corrected chi connectivity index (χ0v) is 13.6. The number of ether oxygens (including phenoxy) is 1. The van der Waals surface area contributed by atoms with Crippen molar-refractivity contribution in [2.24, 2.45) is 7.05 Å². The van der Waals surface area contributed by atoms with Crippen LogP contribution in [0.2, 0.25) is 0 Å². The van der Waals surface area contributed by atoms with E-state index in [1.807, 2.05) is 35.9 Å². The van der Waals surface area contributed by atoms with E-state index in [2.05, 4.69) is 0 Å². The average molecular weight is 355 g/mol. The monoisotopic (exact) mass is 355 g/mol. The third kappa shape index (κ3) is 3.22. The first-order chi connectivity index (χ1) is 12.4. The number of carbonyl (C=O) groups excluding carboxylic acids is 1. The molecule has 0 fully saturated rings. The lowest BCUT2D eigenvalue weighted by Crippen LogP contribution is -2.12. The van der Waals surface area contributed by atoms with Gasteiger partial charge >= 0.3 is 11.7 Å². The van der Waals surface area contributed by atoms with Gasteiger partial charge in [0.1, 0.15) is 0 Å². The fourth-order valence-electron chi connectivity index (χ4n) is 2.73. The summed E-state index contributed by atoms with van der Waals surface area (Å²) in [6.45, 7) is 0. The number of aromatic nitrogens is 1. The van der Waals surface area contributed by atoms with Crippen LogP contribution in [0, 0.1) is 20.2 Å². The van der Waals surface area contributed by atoms with Crippen molar-refractivity contribution < 1.29 is 19.4 Å². The molecule has 1 aromatic heterocycles. The van der Waals surface area contributed by atoms with Gasteiger partial charge in [-0.3, -0.25) is 25.0 Å². The van der Waals surface area contributed by atoms with Crippen LogP contribution in [0.25, 0.3) is 10.9 Å². The van der Waals surface area contributed by atoms with Crippen LogP contribution < -0.4 is 4.74 Å². The molecule has 9 heteroatoms. The van der Waals surface area contributed by atoms with Crippen LogP contribution in [0.1, 0.15) is 5.56 Å². The minimum Gasteiger partial charge on any atom is -0.419 e. The van der Waals surface area contributed by atoms with Crippen molar-refractivity contribution in [2.45, 2.75) is 6.42 Å². The van der Waals surface area contributed by atoms with Crippen LogP contribution in [0.3, 0.4) is 0 Å². The van der Waals surface area contributed by atoms with Gasteiger partial charge in [0.2, 0.25) is 5.75 Å². The molecule has 0 aliphatic carbocycles. The second-order valence-corrected chi connectivity index (χ2v) is 5.60. The molecule has 1 heterocycles. The fraction of sp³-hybridized carbons (Fsp3) is 0.118. The Bertz CT molecular complexity index is 1040. The van der Waals surface area contributed by atoms with E-state index in [1.54, 1.807) is 6.20 Å².